The summed E-state index contributed by atoms with van der Waals surface area (Å²) in [5.74, 6) is -0.428. The van der Waals surface area contributed by atoms with Crippen LogP contribution in [0.3, 0.4) is 0 Å². The minimum absolute atomic E-state index is 0.00386. The van der Waals surface area contributed by atoms with Crippen molar-refractivity contribution in [3.8, 4) is 0 Å². The Morgan fingerprint density at radius 2 is 2.00 bits per heavy atom. The molecule has 1 heterocycles. The molecule has 0 spiro atoms. The summed E-state index contributed by atoms with van der Waals surface area (Å²) in [5.41, 5.74) is 0.300. The molecule has 1 aromatic heterocycles. The van der Waals surface area contributed by atoms with Gasteiger partial charge in [0.05, 0.1) is 10.6 Å². The Kier molecular flexibility index (Phi) is 4.29. The molecule has 7 nitrogen and oxygen atoms in total. The zero-order valence-electron chi connectivity index (χ0n) is 11.2. The summed E-state index contributed by atoms with van der Waals surface area (Å²) < 4.78 is 27.5. The van der Waals surface area contributed by atoms with Gasteiger partial charge in [0.2, 0.25) is 15.7 Å². The van der Waals surface area contributed by atoms with Gasteiger partial charge in [0.1, 0.15) is 6.04 Å². The molecule has 0 saturated heterocycles. The summed E-state index contributed by atoms with van der Waals surface area (Å²) in [7, 11) is -3.58. The highest BCUT2D eigenvalue weighted by Crippen LogP contribution is 2.18. The summed E-state index contributed by atoms with van der Waals surface area (Å²) in [4.78, 5) is 12.0. The van der Waals surface area contributed by atoms with Crippen LogP contribution in [0, 0.1) is 0 Å². The molecule has 9 heteroatoms. The Hall–Kier alpha value is -1.93. The second-order valence-corrected chi connectivity index (χ2v) is 6.65. The molecule has 0 fully saturated rings. The molecule has 1 N–H and O–H groups in total. The third-order valence-electron chi connectivity index (χ3n) is 2.58. The lowest BCUT2D eigenvalue weighted by Crippen LogP contribution is -2.27. The summed E-state index contributed by atoms with van der Waals surface area (Å²) in [5, 5.41) is 9.46. The Morgan fingerprint density at radius 1 is 1.33 bits per heavy atom. The molecule has 0 aliphatic rings. The molecule has 2 aromatic rings. The smallest absolute Gasteiger partial charge is 0.335 e. The van der Waals surface area contributed by atoms with Gasteiger partial charge in [0.25, 0.3) is 5.91 Å². The molecular formula is C12H12ClN3O4S. The molecule has 112 valence electrons. The van der Waals surface area contributed by atoms with Crippen molar-refractivity contribution >= 4 is 27.3 Å². The average Bonchev–Trinajstić information content (AvgIpc) is 2.88. The fourth-order valence-electron chi connectivity index (χ4n) is 1.53. The molecule has 0 aliphatic carbocycles. The number of carbonyl (C=O) groups excluding carboxylic acids is 1. The minimum atomic E-state index is -3.58. The van der Waals surface area contributed by atoms with Gasteiger partial charge in [0.15, 0.2) is 0 Å². The number of benzene rings is 1. The summed E-state index contributed by atoms with van der Waals surface area (Å²) in [6.07, 6.45) is 0.956. The quantitative estimate of drug-likeness (QED) is 0.914. The van der Waals surface area contributed by atoms with Crippen LogP contribution in [0.4, 0.5) is 0 Å². The number of aromatic nitrogens is 2. The lowest BCUT2D eigenvalue weighted by atomic mass is 10.2. The summed E-state index contributed by atoms with van der Waals surface area (Å²) in [6.45, 7) is 1.59. The highest BCUT2D eigenvalue weighted by molar-refractivity contribution is 7.90. The van der Waals surface area contributed by atoms with Crippen molar-refractivity contribution in [2.45, 2.75) is 18.2 Å². The number of sulfone groups is 1. The molecule has 0 aliphatic heterocycles. The van der Waals surface area contributed by atoms with Crippen molar-refractivity contribution in [1.82, 2.24) is 15.5 Å². The van der Waals surface area contributed by atoms with Gasteiger partial charge < -0.3 is 9.73 Å². The second-order valence-electron chi connectivity index (χ2n) is 4.35. The third kappa shape index (κ3) is 3.59. The highest BCUT2D eigenvalue weighted by atomic mass is 35.5. The largest absolute Gasteiger partial charge is 0.410 e. The van der Waals surface area contributed by atoms with E-state index in [1.807, 2.05) is 0 Å². The van der Waals surface area contributed by atoms with Crippen LogP contribution in [0.1, 0.15) is 29.2 Å². The minimum Gasteiger partial charge on any atom is -0.410 e. The highest BCUT2D eigenvalue weighted by Gasteiger charge is 2.22. The fourth-order valence-corrected chi connectivity index (χ4v) is 2.17. The van der Waals surface area contributed by atoms with Crippen molar-refractivity contribution < 1.29 is 17.6 Å². The van der Waals surface area contributed by atoms with Crippen LogP contribution in [0.5, 0.6) is 0 Å². The van der Waals surface area contributed by atoms with E-state index in [0.29, 0.717) is 10.6 Å². The van der Waals surface area contributed by atoms with Crippen LogP contribution >= 0.6 is 11.6 Å². The molecule has 1 atom stereocenters. The van der Waals surface area contributed by atoms with Gasteiger partial charge in [-0.2, -0.15) is 0 Å². The van der Waals surface area contributed by atoms with Crippen LogP contribution in [-0.4, -0.2) is 30.8 Å². The van der Waals surface area contributed by atoms with Gasteiger partial charge >= 0.3 is 5.22 Å². The predicted octanol–water partition coefficient (Wildman–Crippen LogP) is 1.62. The number of amides is 1. The number of halogens is 1. The standard InChI is InChI=1S/C12H12ClN3O4S/c1-7(11-15-16-12(20-11)21(2,18)19)14-10(17)8-5-3-4-6-9(8)13/h3-7H,1-2H3,(H,14,17)/t7-/m0/s1. The maximum absolute atomic E-state index is 12.0. The Balaban J connectivity index is 2.15. The van der Waals surface area contributed by atoms with E-state index < -0.39 is 27.0 Å². The van der Waals surface area contributed by atoms with Crippen molar-refractivity contribution in [1.29, 1.82) is 0 Å². The molecule has 21 heavy (non-hydrogen) atoms. The van der Waals surface area contributed by atoms with Crippen LogP contribution < -0.4 is 5.32 Å². The van der Waals surface area contributed by atoms with Crippen molar-refractivity contribution in [3.63, 3.8) is 0 Å². The number of rotatable bonds is 4. The Labute approximate surface area is 126 Å². The van der Waals surface area contributed by atoms with E-state index in [-0.39, 0.29) is 5.89 Å². The lowest BCUT2D eigenvalue weighted by Gasteiger charge is -2.10. The van der Waals surface area contributed by atoms with E-state index in [9.17, 15) is 13.2 Å². The molecule has 0 bridgehead atoms. The molecule has 0 radical (unpaired) electrons. The summed E-state index contributed by atoms with van der Waals surface area (Å²) >= 11 is 5.92. The lowest BCUT2D eigenvalue weighted by molar-refractivity contribution is 0.0933. The first-order chi connectivity index (χ1) is 9.79. The first kappa shape index (κ1) is 15.5. The molecule has 1 aromatic carbocycles. The Bertz CT molecular complexity index is 772. The van der Waals surface area contributed by atoms with Gasteiger partial charge in [-0.3, -0.25) is 4.79 Å². The van der Waals surface area contributed by atoms with Crippen LogP contribution in [-0.2, 0) is 9.84 Å². The molecular weight excluding hydrogens is 318 g/mol. The number of hydrogen-bond acceptors (Lipinski definition) is 6. The maximum atomic E-state index is 12.0. The fraction of sp³-hybridized carbons (Fsp3) is 0.250. The Morgan fingerprint density at radius 3 is 2.57 bits per heavy atom. The first-order valence-electron chi connectivity index (χ1n) is 5.88. The van der Waals surface area contributed by atoms with Crippen molar-refractivity contribution in [2.24, 2.45) is 0 Å². The van der Waals surface area contributed by atoms with Crippen molar-refractivity contribution in [2.75, 3.05) is 6.26 Å². The molecule has 0 unspecified atom stereocenters. The molecule has 1 amide bonds. The van der Waals surface area contributed by atoms with Gasteiger partial charge in [-0.15, -0.1) is 5.10 Å². The van der Waals surface area contributed by atoms with Crippen LogP contribution in [0.2, 0.25) is 5.02 Å². The van der Waals surface area contributed by atoms with E-state index in [2.05, 4.69) is 15.5 Å². The number of hydrogen-bond donors (Lipinski definition) is 1. The monoisotopic (exact) mass is 329 g/mol. The zero-order valence-corrected chi connectivity index (χ0v) is 12.8. The van der Waals surface area contributed by atoms with Gasteiger partial charge in [0, 0.05) is 6.26 Å². The van der Waals surface area contributed by atoms with Crippen LogP contribution in [0.15, 0.2) is 33.9 Å². The van der Waals surface area contributed by atoms with Gasteiger partial charge in [-0.05, 0) is 19.1 Å². The second kappa shape index (κ2) is 5.82. The third-order valence-corrected chi connectivity index (χ3v) is 3.70. The molecule has 0 saturated carbocycles. The normalized spacial score (nSPS) is 12.9. The maximum Gasteiger partial charge on any atom is 0.335 e. The first-order valence-corrected chi connectivity index (χ1v) is 8.15. The van der Waals surface area contributed by atoms with E-state index in [1.165, 1.54) is 0 Å². The number of nitrogens with one attached hydrogen (secondary N) is 1. The number of nitrogens with zero attached hydrogens (tertiary/aromatic N) is 2. The molecule has 2 rings (SSSR count). The van der Waals surface area contributed by atoms with E-state index >= 15 is 0 Å². The average molecular weight is 330 g/mol. The van der Waals surface area contributed by atoms with E-state index in [1.54, 1.807) is 31.2 Å². The summed E-state index contributed by atoms with van der Waals surface area (Å²) in [6, 6.07) is 5.89. The van der Waals surface area contributed by atoms with Crippen molar-refractivity contribution in [3.05, 3.63) is 40.7 Å². The topological polar surface area (TPSA) is 102 Å². The zero-order chi connectivity index (χ0) is 15.6. The van der Waals surface area contributed by atoms with Crippen LogP contribution in [0.25, 0.3) is 0 Å². The van der Waals surface area contributed by atoms with Gasteiger partial charge in [-0.25, -0.2) is 8.42 Å². The SMILES string of the molecule is C[C@H](NC(=O)c1ccccc1Cl)c1nnc(S(C)(=O)=O)o1. The van der Waals surface area contributed by atoms with Gasteiger partial charge in [-0.1, -0.05) is 28.8 Å². The van der Waals surface area contributed by atoms with E-state index in [0.717, 1.165) is 6.26 Å². The predicted molar refractivity (Wildman–Crippen MR) is 74.7 cm³/mol. The van der Waals surface area contributed by atoms with E-state index in [4.69, 9.17) is 16.0 Å². The number of carbonyl (C=O) groups is 1.